The highest BCUT2D eigenvalue weighted by Crippen LogP contribution is 2.30. The van der Waals surface area contributed by atoms with Crippen molar-refractivity contribution in [3.8, 4) is 11.1 Å². The van der Waals surface area contributed by atoms with Gasteiger partial charge in [0.15, 0.2) is 0 Å². The minimum Gasteiger partial charge on any atom is -0.264 e. The summed E-state index contributed by atoms with van der Waals surface area (Å²) in [5.41, 5.74) is 5.66. The van der Waals surface area contributed by atoms with Crippen molar-refractivity contribution in [2.75, 3.05) is 6.26 Å². The summed E-state index contributed by atoms with van der Waals surface area (Å²) in [4.78, 5) is 0. The molecule has 1 aliphatic rings. The van der Waals surface area contributed by atoms with Crippen LogP contribution in [0.3, 0.4) is 0 Å². The number of sulfonamides is 1. The van der Waals surface area contributed by atoms with Crippen molar-refractivity contribution in [3.63, 3.8) is 0 Å². The topological polar surface area (TPSA) is 64.0 Å². The van der Waals surface area contributed by atoms with Crippen LogP contribution in [0, 0.1) is 6.92 Å². The molecule has 28 heavy (non-hydrogen) atoms. The van der Waals surface area contributed by atoms with Crippen molar-refractivity contribution < 1.29 is 8.42 Å². The Labute approximate surface area is 166 Å². The lowest BCUT2D eigenvalue weighted by molar-refractivity contribution is 0.299. The molecule has 2 heterocycles. The molecule has 0 amide bonds. The van der Waals surface area contributed by atoms with Crippen molar-refractivity contribution in [1.29, 1.82) is 0 Å². The minimum absolute atomic E-state index is 0.0433. The van der Waals surface area contributed by atoms with Crippen LogP contribution in [-0.2, 0) is 22.9 Å². The van der Waals surface area contributed by atoms with E-state index in [1.165, 1.54) is 28.6 Å². The predicted octanol–water partition coefficient (Wildman–Crippen LogP) is 3.51. The maximum absolute atomic E-state index is 11.9. The van der Waals surface area contributed by atoms with E-state index in [-0.39, 0.29) is 12.1 Å². The largest absolute Gasteiger partial charge is 0.264 e. The van der Waals surface area contributed by atoms with Crippen LogP contribution in [0.4, 0.5) is 0 Å². The number of aryl methyl sites for hydroxylation is 2. The van der Waals surface area contributed by atoms with E-state index < -0.39 is 10.0 Å². The number of nitrogens with zero attached hydrogens (tertiary/aromatic N) is 2. The van der Waals surface area contributed by atoms with E-state index in [1.807, 2.05) is 29.8 Å². The first-order valence-electron chi connectivity index (χ1n) is 9.56. The number of rotatable bonds is 5. The third-order valence-corrected chi connectivity index (χ3v) is 6.00. The second kappa shape index (κ2) is 7.53. The fraction of sp³-hybridized carbons (Fsp3) is 0.318. The second-order valence-electron chi connectivity index (χ2n) is 7.59. The fourth-order valence-electron chi connectivity index (χ4n) is 4.10. The monoisotopic (exact) mass is 395 g/mol. The Morgan fingerprint density at radius 1 is 1.07 bits per heavy atom. The standard InChI is InChI=1S/C22H25N3O2S/c1-16-13-20-11-12-21(24-28(2,26)27)22(25(20)23-16)15-17-7-6-10-19(14-17)18-8-4-3-5-9-18/h3-10,13-14,21-22,24H,11-12,15H2,1-2H3/t21-,22-/m0/s1. The van der Waals surface area contributed by atoms with Gasteiger partial charge < -0.3 is 0 Å². The van der Waals surface area contributed by atoms with Gasteiger partial charge in [-0.3, -0.25) is 4.68 Å². The van der Waals surface area contributed by atoms with Crippen LogP contribution < -0.4 is 4.72 Å². The van der Waals surface area contributed by atoms with Crippen LogP contribution in [0.15, 0.2) is 60.7 Å². The third kappa shape index (κ3) is 4.18. The lowest BCUT2D eigenvalue weighted by Crippen LogP contribution is -2.45. The molecule has 0 fully saturated rings. The summed E-state index contributed by atoms with van der Waals surface area (Å²) in [7, 11) is -3.29. The Hall–Kier alpha value is -2.44. The van der Waals surface area contributed by atoms with Gasteiger partial charge in [0.05, 0.1) is 18.0 Å². The number of fused-ring (bicyclic) bond motifs is 1. The molecule has 0 bridgehead atoms. The summed E-state index contributed by atoms with van der Waals surface area (Å²) >= 11 is 0. The van der Waals surface area contributed by atoms with E-state index in [0.717, 1.165) is 25.0 Å². The van der Waals surface area contributed by atoms with Crippen molar-refractivity contribution in [2.45, 2.75) is 38.3 Å². The first-order valence-corrected chi connectivity index (χ1v) is 11.4. The van der Waals surface area contributed by atoms with Crippen LogP contribution >= 0.6 is 0 Å². The Morgan fingerprint density at radius 3 is 2.57 bits per heavy atom. The van der Waals surface area contributed by atoms with Gasteiger partial charge in [-0.25, -0.2) is 13.1 Å². The molecular weight excluding hydrogens is 370 g/mol. The zero-order valence-electron chi connectivity index (χ0n) is 16.2. The van der Waals surface area contributed by atoms with Crippen LogP contribution in [0.25, 0.3) is 11.1 Å². The number of hydrogen-bond donors (Lipinski definition) is 1. The molecular formula is C22H25N3O2S. The summed E-state index contributed by atoms with van der Waals surface area (Å²) < 4.78 is 28.7. The average Bonchev–Trinajstić information content (AvgIpc) is 3.04. The quantitative estimate of drug-likeness (QED) is 0.719. The van der Waals surface area contributed by atoms with Gasteiger partial charge in [-0.15, -0.1) is 0 Å². The van der Waals surface area contributed by atoms with E-state index in [1.54, 1.807) is 0 Å². The molecule has 0 aliphatic carbocycles. The van der Waals surface area contributed by atoms with Crippen LogP contribution in [0.2, 0.25) is 0 Å². The van der Waals surface area contributed by atoms with Crippen molar-refractivity contribution in [3.05, 3.63) is 77.6 Å². The SMILES string of the molecule is Cc1cc2n(n1)[C@@H](Cc1cccc(-c3ccccc3)c1)[C@@H](NS(C)(=O)=O)CC2. The van der Waals surface area contributed by atoms with E-state index in [2.05, 4.69) is 52.3 Å². The maximum atomic E-state index is 11.9. The number of aromatic nitrogens is 2. The molecule has 0 spiro atoms. The molecule has 0 saturated carbocycles. The fourth-order valence-corrected chi connectivity index (χ4v) is 4.93. The Morgan fingerprint density at radius 2 is 1.82 bits per heavy atom. The van der Waals surface area contributed by atoms with Crippen molar-refractivity contribution in [1.82, 2.24) is 14.5 Å². The highest BCUT2D eigenvalue weighted by atomic mass is 32.2. The van der Waals surface area contributed by atoms with Gasteiger partial charge in [-0.05, 0) is 48.9 Å². The van der Waals surface area contributed by atoms with Gasteiger partial charge in [0.1, 0.15) is 0 Å². The highest BCUT2D eigenvalue weighted by molar-refractivity contribution is 7.88. The third-order valence-electron chi connectivity index (χ3n) is 5.27. The zero-order chi connectivity index (χ0) is 19.7. The van der Waals surface area contributed by atoms with E-state index in [4.69, 9.17) is 0 Å². The molecule has 2 aromatic carbocycles. The molecule has 1 N–H and O–H groups in total. The van der Waals surface area contributed by atoms with E-state index in [0.29, 0.717) is 0 Å². The molecule has 0 unspecified atom stereocenters. The normalized spacial score (nSPS) is 19.4. The molecule has 0 saturated heterocycles. The minimum atomic E-state index is -3.29. The smallest absolute Gasteiger partial charge is 0.209 e. The van der Waals surface area contributed by atoms with Crippen LogP contribution in [0.5, 0.6) is 0 Å². The lowest BCUT2D eigenvalue weighted by atomic mass is 9.91. The lowest BCUT2D eigenvalue weighted by Gasteiger charge is -2.33. The molecule has 0 radical (unpaired) electrons. The zero-order valence-corrected chi connectivity index (χ0v) is 17.0. The average molecular weight is 396 g/mol. The molecule has 3 aromatic rings. The number of benzene rings is 2. The molecule has 1 aromatic heterocycles. The summed E-state index contributed by atoms with van der Waals surface area (Å²) in [5.74, 6) is 0. The molecule has 2 atom stereocenters. The first kappa shape index (κ1) is 18.9. The summed E-state index contributed by atoms with van der Waals surface area (Å²) in [6, 6.07) is 20.6. The molecule has 6 heteroatoms. The van der Waals surface area contributed by atoms with Gasteiger partial charge in [0.25, 0.3) is 0 Å². The number of hydrogen-bond acceptors (Lipinski definition) is 3. The molecule has 5 nitrogen and oxygen atoms in total. The maximum Gasteiger partial charge on any atom is 0.209 e. The van der Waals surface area contributed by atoms with Gasteiger partial charge in [-0.2, -0.15) is 5.10 Å². The van der Waals surface area contributed by atoms with E-state index in [9.17, 15) is 8.42 Å². The molecule has 1 aliphatic heterocycles. The Bertz CT molecular complexity index is 1070. The van der Waals surface area contributed by atoms with Gasteiger partial charge in [0.2, 0.25) is 10.0 Å². The first-order chi connectivity index (χ1) is 13.4. The predicted molar refractivity (Wildman–Crippen MR) is 112 cm³/mol. The van der Waals surface area contributed by atoms with E-state index >= 15 is 0 Å². The number of nitrogens with one attached hydrogen (secondary N) is 1. The van der Waals surface area contributed by atoms with Crippen LogP contribution in [-0.4, -0.2) is 30.5 Å². The second-order valence-corrected chi connectivity index (χ2v) is 9.37. The Balaban J connectivity index is 1.67. The molecule has 4 rings (SSSR count). The summed E-state index contributed by atoms with van der Waals surface area (Å²) in [5, 5.41) is 4.67. The molecule has 146 valence electrons. The van der Waals surface area contributed by atoms with Crippen molar-refractivity contribution in [2.24, 2.45) is 0 Å². The Kier molecular flexibility index (Phi) is 5.08. The summed E-state index contributed by atoms with van der Waals surface area (Å²) in [6.07, 6.45) is 3.56. The van der Waals surface area contributed by atoms with Crippen LogP contribution in [0.1, 0.15) is 29.4 Å². The van der Waals surface area contributed by atoms with Gasteiger partial charge >= 0.3 is 0 Å². The summed E-state index contributed by atoms with van der Waals surface area (Å²) in [6.45, 7) is 1.98. The highest BCUT2D eigenvalue weighted by Gasteiger charge is 2.32. The van der Waals surface area contributed by atoms with Gasteiger partial charge in [0, 0.05) is 11.7 Å². The van der Waals surface area contributed by atoms with Gasteiger partial charge in [-0.1, -0.05) is 54.6 Å². The van der Waals surface area contributed by atoms with Crippen molar-refractivity contribution >= 4 is 10.0 Å².